The fraction of sp³-hybridized carbons (Fsp3) is 0.900. The van der Waals surface area contributed by atoms with Gasteiger partial charge in [0.1, 0.15) is 5.60 Å². The van der Waals surface area contributed by atoms with E-state index >= 15 is 0 Å². The molecule has 0 saturated carbocycles. The van der Waals surface area contributed by atoms with Crippen LogP contribution in [0, 0.1) is 0 Å². The first kappa shape index (κ1) is 13.2. The lowest BCUT2D eigenvalue weighted by molar-refractivity contribution is -0.226. The molecule has 1 amide bonds. The second kappa shape index (κ2) is 4.18. The summed E-state index contributed by atoms with van der Waals surface area (Å²) in [5, 5.41) is 18.4. The van der Waals surface area contributed by atoms with Crippen LogP contribution in [0.3, 0.4) is 0 Å². The van der Waals surface area contributed by atoms with E-state index in [-0.39, 0.29) is 19.5 Å². The van der Waals surface area contributed by atoms with Crippen LogP contribution in [0.25, 0.3) is 0 Å². The summed E-state index contributed by atoms with van der Waals surface area (Å²) in [7, 11) is 0. The number of halogens is 1. The summed E-state index contributed by atoms with van der Waals surface area (Å²) < 4.78 is 18.3. The monoisotopic (exact) mass is 235 g/mol. The highest BCUT2D eigenvalue weighted by Gasteiger charge is 2.42. The number of amides is 1. The van der Waals surface area contributed by atoms with Crippen LogP contribution in [-0.2, 0) is 4.74 Å². The molecule has 16 heavy (non-hydrogen) atoms. The van der Waals surface area contributed by atoms with Crippen molar-refractivity contribution in [1.29, 1.82) is 0 Å². The summed E-state index contributed by atoms with van der Waals surface area (Å²) in [5.41, 5.74) is -0.643. The van der Waals surface area contributed by atoms with Gasteiger partial charge in [0.05, 0.1) is 6.54 Å². The van der Waals surface area contributed by atoms with Crippen LogP contribution in [0.15, 0.2) is 0 Å². The quantitative estimate of drug-likeness (QED) is 0.605. The average Bonchev–Trinajstić information content (AvgIpc) is 2.06. The average molecular weight is 235 g/mol. The first-order valence-electron chi connectivity index (χ1n) is 5.18. The number of rotatable bonds is 0. The topological polar surface area (TPSA) is 70.0 Å². The number of piperidine rings is 1. The van der Waals surface area contributed by atoms with Gasteiger partial charge >= 0.3 is 6.09 Å². The third-order valence-electron chi connectivity index (χ3n) is 2.28. The van der Waals surface area contributed by atoms with Gasteiger partial charge in [-0.1, -0.05) is 0 Å². The van der Waals surface area contributed by atoms with E-state index in [0.29, 0.717) is 0 Å². The van der Waals surface area contributed by atoms with Gasteiger partial charge in [-0.15, -0.1) is 0 Å². The van der Waals surface area contributed by atoms with Crippen molar-refractivity contribution >= 4 is 6.09 Å². The van der Waals surface area contributed by atoms with E-state index in [1.807, 2.05) is 0 Å². The van der Waals surface area contributed by atoms with Gasteiger partial charge in [0.2, 0.25) is 0 Å². The Labute approximate surface area is 93.8 Å². The first-order chi connectivity index (χ1) is 7.12. The Hall–Kier alpha value is -0.880. The molecule has 6 heteroatoms. The van der Waals surface area contributed by atoms with Crippen molar-refractivity contribution in [2.75, 3.05) is 13.1 Å². The Bertz CT molecular complexity index is 274. The van der Waals surface area contributed by atoms with Crippen LogP contribution >= 0.6 is 0 Å². The Balaban J connectivity index is 2.55. The highest BCUT2D eigenvalue weighted by molar-refractivity contribution is 5.68. The minimum atomic E-state index is -2.33. The lowest BCUT2D eigenvalue weighted by Crippen LogP contribution is -2.55. The predicted octanol–water partition coefficient (Wildman–Crippen LogP) is 0.646. The maximum atomic E-state index is 13.3. The Morgan fingerprint density at radius 3 is 2.50 bits per heavy atom. The Kier molecular flexibility index (Phi) is 3.44. The van der Waals surface area contributed by atoms with Crippen molar-refractivity contribution in [2.24, 2.45) is 0 Å². The first-order valence-corrected chi connectivity index (χ1v) is 5.18. The molecule has 94 valence electrons. The Morgan fingerprint density at radius 1 is 1.50 bits per heavy atom. The molecule has 5 nitrogen and oxygen atoms in total. The zero-order valence-electron chi connectivity index (χ0n) is 9.73. The highest BCUT2D eigenvalue weighted by atomic mass is 19.1. The third-order valence-corrected chi connectivity index (χ3v) is 2.28. The number of alkyl halides is 1. The van der Waals surface area contributed by atoms with Crippen molar-refractivity contribution in [1.82, 2.24) is 4.90 Å². The van der Waals surface area contributed by atoms with E-state index in [1.165, 1.54) is 0 Å². The molecule has 1 aliphatic heterocycles. The summed E-state index contributed by atoms with van der Waals surface area (Å²) in [4.78, 5) is 12.7. The molecule has 0 bridgehead atoms. The summed E-state index contributed by atoms with van der Waals surface area (Å²) >= 11 is 0. The smallest absolute Gasteiger partial charge is 0.410 e. The van der Waals surface area contributed by atoms with Gasteiger partial charge in [-0.3, -0.25) is 0 Å². The Morgan fingerprint density at radius 2 is 2.06 bits per heavy atom. The number of hydrogen-bond donors (Lipinski definition) is 2. The molecule has 1 saturated heterocycles. The van der Waals surface area contributed by atoms with Crippen molar-refractivity contribution in [2.45, 2.75) is 44.8 Å². The second-order valence-corrected chi connectivity index (χ2v) is 5.02. The fourth-order valence-electron chi connectivity index (χ4n) is 1.38. The van der Waals surface area contributed by atoms with E-state index in [2.05, 4.69) is 0 Å². The molecule has 1 fully saturated rings. The molecule has 0 aliphatic carbocycles. The molecular formula is C10H18FNO4. The molecule has 0 unspecified atom stereocenters. The van der Waals surface area contributed by atoms with E-state index in [0.717, 1.165) is 4.90 Å². The summed E-state index contributed by atoms with van der Waals surface area (Å²) in [6, 6.07) is 0. The van der Waals surface area contributed by atoms with Gasteiger partial charge in [-0.2, -0.15) is 0 Å². The number of carbonyl (C=O) groups is 1. The van der Waals surface area contributed by atoms with Crippen LogP contribution in [0.2, 0.25) is 0 Å². The van der Waals surface area contributed by atoms with Gasteiger partial charge < -0.3 is 19.8 Å². The van der Waals surface area contributed by atoms with E-state index in [4.69, 9.17) is 4.74 Å². The number of aliphatic hydroxyl groups is 2. The summed E-state index contributed by atoms with van der Waals surface area (Å²) in [6.07, 6.45) is -2.72. The van der Waals surface area contributed by atoms with E-state index in [1.54, 1.807) is 20.8 Å². The zero-order valence-corrected chi connectivity index (χ0v) is 9.73. The number of nitrogens with zero attached hydrogens (tertiary/aromatic N) is 1. The van der Waals surface area contributed by atoms with Gasteiger partial charge in [0, 0.05) is 13.0 Å². The highest BCUT2D eigenvalue weighted by Crippen LogP contribution is 2.23. The van der Waals surface area contributed by atoms with E-state index in [9.17, 15) is 19.4 Å². The standard InChI is InChI=1S/C10H18FNO4/c1-9(2,3)16-8(13)12-5-4-10(14,15)7(11)6-12/h7,14-15H,4-6H2,1-3H3/t7-/m0/s1. The molecule has 1 atom stereocenters. The fourth-order valence-corrected chi connectivity index (χ4v) is 1.38. The van der Waals surface area contributed by atoms with Gasteiger partial charge in [-0.05, 0) is 20.8 Å². The SMILES string of the molecule is CC(C)(C)OC(=O)N1CCC(O)(O)[C@@H](F)C1. The lowest BCUT2D eigenvalue weighted by atomic mass is 10.0. The largest absolute Gasteiger partial charge is 0.444 e. The number of likely N-dealkylation sites (tertiary alicyclic amines) is 1. The molecule has 1 aliphatic rings. The molecule has 0 radical (unpaired) electrons. The van der Waals surface area contributed by atoms with Crippen LogP contribution in [0.1, 0.15) is 27.2 Å². The lowest BCUT2D eigenvalue weighted by Gasteiger charge is -2.37. The molecule has 2 N–H and O–H groups in total. The maximum Gasteiger partial charge on any atom is 0.410 e. The normalized spacial score (nSPS) is 25.4. The summed E-state index contributed by atoms with van der Waals surface area (Å²) in [6.45, 7) is 4.85. The van der Waals surface area contributed by atoms with Crippen molar-refractivity contribution in [3.05, 3.63) is 0 Å². The molecule has 1 heterocycles. The predicted molar refractivity (Wildman–Crippen MR) is 54.5 cm³/mol. The molecule has 0 aromatic rings. The molecule has 0 aromatic carbocycles. The maximum absolute atomic E-state index is 13.3. The van der Waals surface area contributed by atoms with Crippen molar-refractivity contribution in [3.8, 4) is 0 Å². The van der Waals surface area contributed by atoms with Crippen molar-refractivity contribution < 1.29 is 24.1 Å². The van der Waals surface area contributed by atoms with Crippen LogP contribution in [0.4, 0.5) is 9.18 Å². The minimum Gasteiger partial charge on any atom is -0.444 e. The van der Waals surface area contributed by atoms with Crippen molar-refractivity contribution in [3.63, 3.8) is 0 Å². The van der Waals surface area contributed by atoms with Crippen LogP contribution in [0.5, 0.6) is 0 Å². The van der Waals surface area contributed by atoms with Gasteiger partial charge in [0.25, 0.3) is 0 Å². The number of carbonyl (C=O) groups excluding carboxylic acids is 1. The van der Waals surface area contributed by atoms with Gasteiger partial charge in [-0.25, -0.2) is 9.18 Å². The van der Waals surface area contributed by atoms with Gasteiger partial charge in [0.15, 0.2) is 12.0 Å². The van der Waals surface area contributed by atoms with E-state index < -0.39 is 23.7 Å². The molecule has 0 spiro atoms. The number of hydrogen-bond acceptors (Lipinski definition) is 4. The molecule has 0 aromatic heterocycles. The molecular weight excluding hydrogens is 217 g/mol. The molecule has 1 rings (SSSR count). The second-order valence-electron chi connectivity index (χ2n) is 5.02. The third kappa shape index (κ3) is 3.31. The zero-order chi connectivity index (χ0) is 12.6. The van der Waals surface area contributed by atoms with Crippen LogP contribution in [-0.4, -0.2) is 51.9 Å². The number of ether oxygens (including phenoxy) is 1. The van der Waals surface area contributed by atoms with Crippen LogP contribution < -0.4 is 0 Å². The summed E-state index contributed by atoms with van der Waals surface area (Å²) in [5.74, 6) is -2.33. The minimum absolute atomic E-state index is 0.0718.